The summed E-state index contributed by atoms with van der Waals surface area (Å²) in [5.74, 6) is -0.759. The Morgan fingerprint density at radius 1 is 0.571 bits per heavy atom. The van der Waals surface area contributed by atoms with Crippen molar-refractivity contribution in [1.82, 2.24) is 15.5 Å². The Morgan fingerprint density at radius 2 is 0.857 bits per heavy atom. The number of rotatable bonds is 28. The molecule has 0 heterocycles. The van der Waals surface area contributed by atoms with Gasteiger partial charge < -0.3 is 15.7 Å². The van der Waals surface area contributed by atoms with Crippen LogP contribution < -0.4 is 10.6 Å². The number of carboxylic acid groups (broad SMARTS) is 1. The summed E-state index contributed by atoms with van der Waals surface area (Å²) in [6.07, 6.45) is 26.9. The van der Waals surface area contributed by atoms with E-state index < -0.39 is 5.97 Å². The van der Waals surface area contributed by atoms with Crippen LogP contribution in [-0.2, 0) is 4.79 Å². The van der Waals surface area contributed by atoms with E-state index in [0.717, 1.165) is 13.1 Å². The first kappa shape index (κ1) is 34.4. The zero-order chi connectivity index (χ0) is 26.0. The first-order valence-corrected chi connectivity index (χ1v) is 15.5. The van der Waals surface area contributed by atoms with Gasteiger partial charge in [-0.15, -0.1) is 0 Å². The van der Waals surface area contributed by atoms with Crippen molar-refractivity contribution in [3.63, 3.8) is 0 Å². The molecule has 3 N–H and O–H groups in total. The average molecular weight is 498 g/mol. The monoisotopic (exact) mass is 497 g/mol. The molecule has 0 aromatic heterocycles. The van der Waals surface area contributed by atoms with Crippen LogP contribution >= 0.6 is 0 Å². The Morgan fingerprint density at radius 3 is 1.14 bits per heavy atom. The van der Waals surface area contributed by atoms with Gasteiger partial charge in [-0.2, -0.15) is 0 Å². The predicted molar refractivity (Wildman–Crippen MR) is 153 cm³/mol. The summed E-state index contributed by atoms with van der Waals surface area (Å²) < 4.78 is 0. The van der Waals surface area contributed by atoms with Crippen molar-refractivity contribution in [3.05, 3.63) is 0 Å². The van der Waals surface area contributed by atoms with Crippen molar-refractivity contribution < 1.29 is 9.90 Å². The van der Waals surface area contributed by atoms with Gasteiger partial charge in [0.2, 0.25) is 0 Å². The van der Waals surface area contributed by atoms with Crippen LogP contribution in [-0.4, -0.2) is 47.9 Å². The summed E-state index contributed by atoms with van der Waals surface area (Å²) >= 11 is 0. The normalized spacial score (nSPS) is 13.4. The van der Waals surface area contributed by atoms with Crippen molar-refractivity contribution in [2.24, 2.45) is 0 Å². The highest BCUT2D eigenvalue weighted by molar-refractivity contribution is 5.69. The van der Waals surface area contributed by atoms with Crippen molar-refractivity contribution in [2.45, 2.75) is 168 Å². The number of hydrogen-bond acceptors (Lipinski definition) is 4. The number of carboxylic acids is 1. The van der Waals surface area contributed by atoms with Crippen LogP contribution in [0.25, 0.3) is 0 Å². The summed E-state index contributed by atoms with van der Waals surface area (Å²) in [7, 11) is 0. The lowest BCUT2D eigenvalue weighted by Crippen LogP contribution is -2.55. The lowest BCUT2D eigenvalue weighted by Gasteiger charge is -2.34. The zero-order valence-corrected chi connectivity index (χ0v) is 24.2. The highest BCUT2D eigenvalue weighted by Crippen LogP contribution is 2.12. The molecule has 0 amide bonds. The van der Waals surface area contributed by atoms with Gasteiger partial charge in [0.05, 0.1) is 18.9 Å². The summed E-state index contributed by atoms with van der Waals surface area (Å²) in [6.45, 7) is 10.7. The molecule has 0 rings (SSSR count). The largest absolute Gasteiger partial charge is 0.480 e. The maximum Gasteiger partial charge on any atom is 0.317 e. The van der Waals surface area contributed by atoms with E-state index in [2.05, 4.69) is 38.3 Å². The van der Waals surface area contributed by atoms with Crippen LogP contribution in [0.2, 0.25) is 0 Å². The molecule has 0 fully saturated rings. The summed E-state index contributed by atoms with van der Waals surface area (Å²) in [5, 5.41) is 16.5. The van der Waals surface area contributed by atoms with Gasteiger partial charge in [0.1, 0.15) is 0 Å². The molecule has 0 radical (unpaired) electrons. The van der Waals surface area contributed by atoms with Crippen LogP contribution in [0.5, 0.6) is 0 Å². The molecule has 35 heavy (non-hydrogen) atoms. The van der Waals surface area contributed by atoms with Crippen molar-refractivity contribution in [1.29, 1.82) is 0 Å². The molecular weight excluding hydrogens is 434 g/mol. The number of carbonyl (C=O) groups is 1. The molecule has 0 aliphatic carbocycles. The number of hydrogen-bond donors (Lipinski definition) is 3. The molecule has 5 nitrogen and oxygen atoms in total. The second kappa shape index (κ2) is 26.4. The molecule has 0 aromatic rings. The van der Waals surface area contributed by atoms with Gasteiger partial charge >= 0.3 is 5.97 Å². The van der Waals surface area contributed by atoms with E-state index in [1.165, 1.54) is 128 Å². The smallest absolute Gasteiger partial charge is 0.317 e. The third kappa shape index (κ3) is 23.5. The molecule has 0 aromatic carbocycles. The van der Waals surface area contributed by atoms with E-state index in [4.69, 9.17) is 0 Å². The highest BCUT2D eigenvalue weighted by atomic mass is 16.4. The maximum atomic E-state index is 11.4. The van der Waals surface area contributed by atoms with Crippen LogP contribution in [0.4, 0.5) is 0 Å². The highest BCUT2D eigenvalue weighted by Gasteiger charge is 2.21. The lowest BCUT2D eigenvalue weighted by molar-refractivity contribution is -0.140. The standard InChI is InChI=1S/C30H63N3O2/c1-5-7-9-11-13-15-17-19-21-23-25-31-28(3)33(27-30(34)35)29(4)32-26-24-22-20-18-16-14-12-10-8-6-2/h28-29,31-32H,5-27H2,1-4H3,(H,34,35). The summed E-state index contributed by atoms with van der Waals surface area (Å²) in [4.78, 5) is 13.5. The molecule has 0 aliphatic rings. The van der Waals surface area contributed by atoms with Gasteiger partial charge in [0.15, 0.2) is 0 Å². The van der Waals surface area contributed by atoms with Crippen LogP contribution in [0.3, 0.4) is 0 Å². The van der Waals surface area contributed by atoms with Gasteiger partial charge in [-0.25, -0.2) is 0 Å². The molecule has 2 unspecified atom stereocenters. The van der Waals surface area contributed by atoms with E-state index in [9.17, 15) is 9.90 Å². The van der Waals surface area contributed by atoms with E-state index in [1.807, 2.05) is 4.90 Å². The SMILES string of the molecule is CCCCCCCCCCCCNC(C)N(CC(=O)O)C(C)NCCCCCCCCCCCC. The number of aliphatic carboxylic acids is 1. The molecule has 0 spiro atoms. The van der Waals surface area contributed by atoms with Gasteiger partial charge in [0.25, 0.3) is 0 Å². The van der Waals surface area contributed by atoms with Gasteiger partial charge in [-0.05, 0) is 39.8 Å². The second-order valence-electron chi connectivity index (χ2n) is 10.7. The minimum Gasteiger partial charge on any atom is -0.480 e. The first-order chi connectivity index (χ1) is 17.0. The fraction of sp³-hybridized carbons (Fsp3) is 0.967. The van der Waals surface area contributed by atoms with E-state index >= 15 is 0 Å². The molecule has 0 saturated heterocycles. The van der Waals surface area contributed by atoms with Gasteiger partial charge in [0, 0.05) is 0 Å². The summed E-state index contributed by atoms with van der Waals surface area (Å²) in [6, 6.07) is 0. The molecule has 210 valence electrons. The van der Waals surface area contributed by atoms with E-state index in [1.54, 1.807) is 0 Å². The number of nitrogens with one attached hydrogen (secondary N) is 2. The Hall–Kier alpha value is -0.650. The first-order valence-electron chi connectivity index (χ1n) is 15.5. The fourth-order valence-corrected chi connectivity index (χ4v) is 4.85. The quantitative estimate of drug-likeness (QED) is 0.0753. The van der Waals surface area contributed by atoms with Crippen molar-refractivity contribution in [2.75, 3.05) is 19.6 Å². The third-order valence-electron chi connectivity index (χ3n) is 7.25. The van der Waals surface area contributed by atoms with Gasteiger partial charge in [-0.1, -0.05) is 129 Å². The number of nitrogens with zero attached hydrogens (tertiary/aromatic N) is 1. The topological polar surface area (TPSA) is 64.6 Å². The van der Waals surface area contributed by atoms with Crippen LogP contribution in [0.1, 0.15) is 156 Å². The van der Waals surface area contributed by atoms with Crippen LogP contribution in [0, 0.1) is 0 Å². The number of unbranched alkanes of at least 4 members (excludes halogenated alkanes) is 18. The third-order valence-corrected chi connectivity index (χ3v) is 7.25. The Labute approximate surface area is 219 Å². The molecule has 5 heteroatoms. The molecule has 0 saturated carbocycles. The van der Waals surface area contributed by atoms with Gasteiger partial charge in [-0.3, -0.25) is 9.69 Å². The Kier molecular flexibility index (Phi) is 25.9. The zero-order valence-electron chi connectivity index (χ0n) is 24.2. The predicted octanol–water partition coefficient (Wildman–Crippen LogP) is 8.09. The maximum absolute atomic E-state index is 11.4. The lowest BCUT2D eigenvalue weighted by atomic mass is 10.1. The fourth-order valence-electron chi connectivity index (χ4n) is 4.85. The molecular formula is C30H63N3O2. The second-order valence-corrected chi connectivity index (χ2v) is 10.7. The average Bonchev–Trinajstić information content (AvgIpc) is 2.84. The van der Waals surface area contributed by atoms with Crippen molar-refractivity contribution >= 4 is 5.97 Å². The molecule has 0 aliphatic heterocycles. The molecule has 2 atom stereocenters. The minimum absolute atomic E-state index is 0.0554. The summed E-state index contributed by atoms with van der Waals surface area (Å²) in [5.41, 5.74) is 0. The minimum atomic E-state index is -0.759. The Balaban J connectivity index is 3.87. The van der Waals surface area contributed by atoms with Crippen molar-refractivity contribution in [3.8, 4) is 0 Å². The molecule has 0 bridgehead atoms. The Bertz CT molecular complexity index is 415. The van der Waals surface area contributed by atoms with E-state index in [0.29, 0.717) is 0 Å². The van der Waals surface area contributed by atoms with Crippen LogP contribution in [0.15, 0.2) is 0 Å². The van der Waals surface area contributed by atoms with E-state index in [-0.39, 0.29) is 18.9 Å².